The second-order valence-electron chi connectivity index (χ2n) is 16.9. The van der Waals surface area contributed by atoms with Crippen LogP contribution in [0.4, 0.5) is 0 Å². The smallest absolute Gasteiger partial charge is 0.338 e. The number of aromatic hydroxyl groups is 1. The Balaban J connectivity index is 1.54. The summed E-state index contributed by atoms with van der Waals surface area (Å²) in [6.07, 6.45) is 9.14. The molecule has 13 heteroatoms. The maximum atomic E-state index is 14.0. The van der Waals surface area contributed by atoms with Gasteiger partial charge in [0.1, 0.15) is 35.7 Å². The van der Waals surface area contributed by atoms with Gasteiger partial charge < -0.3 is 44.9 Å². The Kier molecular flexibility index (Phi) is 18.3. The van der Waals surface area contributed by atoms with Gasteiger partial charge in [-0.15, -0.1) is 0 Å². The summed E-state index contributed by atoms with van der Waals surface area (Å²) in [5.41, 5.74) is 1.32. The molecule has 1 fully saturated rings. The minimum absolute atomic E-state index is 0.0500. The van der Waals surface area contributed by atoms with Crippen molar-refractivity contribution in [2.75, 3.05) is 6.61 Å². The zero-order valence-corrected chi connectivity index (χ0v) is 36.1. The number of ether oxygens (including phenoxy) is 4. The van der Waals surface area contributed by atoms with Gasteiger partial charge in [0.25, 0.3) is 0 Å². The highest BCUT2D eigenvalue weighted by molar-refractivity contribution is 5.98. The van der Waals surface area contributed by atoms with E-state index in [-0.39, 0.29) is 30.6 Å². The van der Waals surface area contributed by atoms with Gasteiger partial charge in [0, 0.05) is 31.3 Å². The zero-order valence-electron chi connectivity index (χ0n) is 36.1. The number of amides is 2. The van der Waals surface area contributed by atoms with Gasteiger partial charge in [0.15, 0.2) is 5.79 Å². The molecule has 1 aliphatic heterocycles. The molecule has 5 N–H and O–H groups in total. The number of unbranched alkanes of at least 4 members (excludes halogenated alkanes) is 4. The predicted octanol–water partition coefficient (Wildman–Crippen LogP) is 6.61. The third-order valence-corrected chi connectivity index (χ3v) is 10.5. The molecular weight excluding hydrogens is 769 g/mol. The quantitative estimate of drug-likeness (QED) is 0.0634. The Bertz CT molecular complexity index is 1790. The monoisotopic (exact) mass is 834 g/mol. The van der Waals surface area contributed by atoms with E-state index in [1.807, 2.05) is 30.4 Å². The van der Waals surface area contributed by atoms with Gasteiger partial charge in [-0.05, 0) is 88.8 Å². The van der Waals surface area contributed by atoms with Gasteiger partial charge in [-0.3, -0.25) is 14.4 Å². The summed E-state index contributed by atoms with van der Waals surface area (Å²) < 4.78 is 25.0. The molecule has 1 heterocycles. The molecule has 0 aromatic heterocycles. The lowest BCUT2D eigenvalue weighted by molar-refractivity contribution is -0.190. The first-order valence-corrected chi connectivity index (χ1v) is 21.5. The van der Waals surface area contributed by atoms with Crippen LogP contribution in [-0.2, 0) is 39.8 Å². The number of phenols is 1. The minimum atomic E-state index is -1.42. The first-order chi connectivity index (χ1) is 28.6. The van der Waals surface area contributed by atoms with Crippen molar-refractivity contribution in [2.24, 2.45) is 0 Å². The molecule has 6 atom stereocenters. The van der Waals surface area contributed by atoms with Crippen molar-refractivity contribution in [1.29, 1.82) is 0 Å². The number of rotatable bonds is 22. The van der Waals surface area contributed by atoms with Crippen molar-refractivity contribution in [3.63, 3.8) is 0 Å². The average molecular weight is 835 g/mol. The SMILES string of the molecule is CCCCCC1(CCCCC)O[C@@H]2[C@@H](C=C(C(=O)N[C@@H](C(=O)N[C@H](CO)CCC(=O)OC(C)(C)C)[C@H](C)O)C[C@H]2OC(=O)c2cccc(C=CCc3ccccc3O)c2)O1. The standard InChI is InChI=1S/C47H66N2O11/c1-7-9-13-25-47(26-14-10-8-2)58-39-29-35(43(54)49-41(31(3)51)44(55)48-36(30-50)23-24-40(53)59-46(4,5)6)28-38(42(39)60-47)57-45(56)34-21-16-18-32(27-34)17-15-20-33-19-11-12-22-37(33)52/h11-12,15-19,21-22,27,29,31,36,38-39,41-42,50-52H,7-10,13-14,20,23-26,28,30H2,1-6H3,(H,48,55)(H,49,54)/t31-,36-,38+,39+,41+,42-/m0/s1. The van der Waals surface area contributed by atoms with E-state index in [1.54, 1.807) is 57.2 Å². The molecule has 1 aliphatic carbocycles. The van der Waals surface area contributed by atoms with Crippen molar-refractivity contribution in [2.45, 2.75) is 166 Å². The lowest BCUT2D eigenvalue weighted by Gasteiger charge is -2.32. The fourth-order valence-corrected chi connectivity index (χ4v) is 7.40. The molecule has 2 aromatic carbocycles. The Morgan fingerprint density at radius 3 is 2.30 bits per heavy atom. The molecule has 0 unspecified atom stereocenters. The summed E-state index contributed by atoms with van der Waals surface area (Å²) in [5.74, 6) is -3.25. The number of para-hydroxylation sites is 1. The molecule has 13 nitrogen and oxygen atoms in total. The summed E-state index contributed by atoms with van der Waals surface area (Å²) >= 11 is 0. The first kappa shape index (κ1) is 48.1. The van der Waals surface area contributed by atoms with E-state index >= 15 is 0 Å². The summed E-state index contributed by atoms with van der Waals surface area (Å²) in [6.45, 7) is 10.3. The third-order valence-electron chi connectivity index (χ3n) is 10.5. The maximum absolute atomic E-state index is 14.0. The topological polar surface area (TPSA) is 190 Å². The third kappa shape index (κ3) is 14.6. The molecule has 2 aliphatic rings. The Labute approximate surface area is 354 Å². The van der Waals surface area contributed by atoms with Crippen LogP contribution in [0, 0.1) is 0 Å². The van der Waals surface area contributed by atoms with Crippen LogP contribution >= 0.6 is 0 Å². The van der Waals surface area contributed by atoms with E-state index in [4.69, 9.17) is 18.9 Å². The fraction of sp³-hybridized carbons (Fsp3) is 0.574. The number of phenolic OH excluding ortho intramolecular Hbond substituents is 1. The first-order valence-electron chi connectivity index (χ1n) is 21.5. The van der Waals surface area contributed by atoms with Crippen LogP contribution in [0.25, 0.3) is 6.08 Å². The van der Waals surface area contributed by atoms with E-state index < -0.39 is 78.2 Å². The molecule has 0 bridgehead atoms. The molecule has 2 aromatic rings. The number of hydrogen-bond acceptors (Lipinski definition) is 11. The van der Waals surface area contributed by atoms with Gasteiger partial charge in [-0.1, -0.05) is 82.0 Å². The van der Waals surface area contributed by atoms with Crippen molar-refractivity contribution in [3.8, 4) is 5.75 Å². The maximum Gasteiger partial charge on any atom is 0.338 e. The van der Waals surface area contributed by atoms with Gasteiger partial charge >= 0.3 is 11.9 Å². The van der Waals surface area contributed by atoms with Crippen molar-refractivity contribution in [1.82, 2.24) is 10.6 Å². The molecule has 1 saturated heterocycles. The van der Waals surface area contributed by atoms with E-state index in [1.165, 1.54) is 6.92 Å². The number of allylic oxidation sites excluding steroid dienone is 1. The summed E-state index contributed by atoms with van der Waals surface area (Å²) in [7, 11) is 0. The highest BCUT2D eigenvalue weighted by Crippen LogP contribution is 2.43. The second kappa shape index (κ2) is 22.9. The molecule has 4 rings (SSSR count). The highest BCUT2D eigenvalue weighted by Gasteiger charge is 2.52. The van der Waals surface area contributed by atoms with Crippen LogP contribution in [0.5, 0.6) is 5.75 Å². The second-order valence-corrected chi connectivity index (χ2v) is 16.9. The highest BCUT2D eigenvalue weighted by atomic mass is 16.8. The number of hydrogen-bond donors (Lipinski definition) is 5. The van der Waals surface area contributed by atoms with Gasteiger partial charge in [0.2, 0.25) is 11.8 Å². The lowest BCUT2D eigenvalue weighted by Crippen LogP contribution is -2.55. The Morgan fingerprint density at radius 2 is 1.67 bits per heavy atom. The van der Waals surface area contributed by atoms with Crippen molar-refractivity contribution in [3.05, 3.63) is 82.9 Å². The van der Waals surface area contributed by atoms with Gasteiger partial charge in [0.05, 0.1) is 24.3 Å². The van der Waals surface area contributed by atoms with Crippen LogP contribution in [-0.4, -0.2) is 93.6 Å². The number of carbonyl (C=O) groups excluding carboxylic acids is 4. The van der Waals surface area contributed by atoms with E-state index in [0.717, 1.165) is 49.7 Å². The lowest BCUT2D eigenvalue weighted by atomic mass is 9.91. The van der Waals surface area contributed by atoms with E-state index in [2.05, 4.69) is 24.5 Å². The fourth-order valence-electron chi connectivity index (χ4n) is 7.40. The summed E-state index contributed by atoms with van der Waals surface area (Å²) in [6, 6.07) is 11.8. The summed E-state index contributed by atoms with van der Waals surface area (Å²) in [5, 5.41) is 36.1. The Hall–Kier alpha value is -4.56. The molecule has 0 spiro atoms. The number of nitrogens with one attached hydrogen (secondary N) is 2. The zero-order chi connectivity index (χ0) is 43.9. The average Bonchev–Trinajstić information content (AvgIpc) is 3.57. The number of benzene rings is 2. The molecule has 0 saturated carbocycles. The molecular formula is C47H66N2O11. The number of esters is 2. The van der Waals surface area contributed by atoms with Gasteiger partial charge in [-0.2, -0.15) is 0 Å². The van der Waals surface area contributed by atoms with E-state index in [0.29, 0.717) is 24.8 Å². The molecule has 2 amide bonds. The molecule has 330 valence electrons. The predicted molar refractivity (Wildman–Crippen MR) is 228 cm³/mol. The number of fused-ring (bicyclic) bond motifs is 1. The largest absolute Gasteiger partial charge is 0.508 e. The molecule has 0 radical (unpaired) electrons. The number of carbonyl (C=O) groups is 4. The molecule has 60 heavy (non-hydrogen) atoms. The Morgan fingerprint density at radius 1 is 0.967 bits per heavy atom. The van der Waals surface area contributed by atoms with Crippen LogP contribution in [0.15, 0.2) is 66.3 Å². The van der Waals surface area contributed by atoms with Crippen LogP contribution < -0.4 is 10.6 Å². The van der Waals surface area contributed by atoms with Crippen LogP contribution in [0.3, 0.4) is 0 Å². The summed E-state index contributed by atoms with van der Waals surface area (Å²) in [4.78, 5) is 53.6. The van der Waals surface area contributed by atoms with Gasteiger partial charge in [-0.25, -0.2) is 4.79 Å². The van der Waals surface area contributed by atoms with Crippen LogP contribution in [0.2, 0.25) is 0 Å². The minimum Gasteiger partial charge on any atom is -0.508 e. The number of aliphatic hydroxyl groups is 2. The van der Waals surface area contributed by atoms with Crippen molar-refractivity contribution < 1.29 is 53.4 Å². The van der Waals surface area contributed by atoms with Crippen LogP contribution in [0.1, 0.15) is 134 Å². The number of aliphatic hydroxyl groups excluding tert-OH is 2. The van der Waals surface area contributed by atoms with Crippen molar-refractivity contribution >= 4 is 29.8 Å². The normalized spacial score (nSPS) is 20.1. The van der Waals surface area contributed by atoms with E-state index in [9.17, 15) is 34.5 Å².